The number of amides is 3. The second-order valence-electron chi connectivity index (χ2n) is 5.86. The molecule has 7 heteroatoms. The van der Waals surface area contributed by atoms with Crippen LogP contribution in [0.3, 0.4) is 0 Å². The number of benzene rings is 1. The second-order valence-corrected chi connectivity index (χ2v) is 5.86. The summed E-state index contributed by atoms with van der Waals surface area (Å²) in [4.78, 5) is 23.3. The first-order chi connectivity index (χ1) is 9.88. The van der Waals surface area contributed by atoms with E-state index in [9.17, 15) is 9.59 Å². The Morgan fingerprint density at radius 3 is 2.45 bits per heavy atom. The Balaban J connectivity index is 0.00000242. The minimum Gasteiger partial charge on any atom is -0.351 e. The molecule has 22 heavy (non-hydrogen) atoms. The van der Waals surface area contributed by atoms with E-state index in [1.165, 1.54) is 0 Å². The molecule has 0 aromatic heterocycles. The number of nitrogens with two attached hydrogens (primary N) is 2. The van der Waals surface area contributed by atoms with Gasteiger partial charge in [0.2, 0.25) is 5.91 Å². The van der Waals surface area contributed by atoms with E-state index >= 15 is 0 Å². The fourth-order valence-electron chi connectivity index (χ4n) is 2.84. The maximum absolute atomic E-state index is 12.4. The highest BCUT2D eigenvalue weighted by Crippen LogP contribution is 2.32. The molecule has 0 radical (unpaired) electrons. The Kier molecular flexibility index (Phi) is 6.20. The van der Waals surface area contributed by atoms with E-state index in [4.69, 9.17) is 11.5 Å². The van der Waals surface area contributed by atoms with Crippen LogP contribution < -0.4 is 22.1 Å². The average Bonchev–Trinajstić information content (AvgIpc) is 2.37. The van der Waals surface area contributed by atoms with E-state index in [2.05, 4.69) is 10.6 Å². The molecule has 0 aliphatic heterocycles. The Labute approximate surface area is 136 Å². The van der Waals surface area contributed by atoms with Gasteiger partial charge in [0.15, 0.2) is 0 Å². The van der Waals surface area contributed by atoms with E-state index in [1.54, 1.807) is 24.3 Å². The van der Waals surface area contributed by atoms with Gasteiger partial charge in [0.25, 0.3) is 0 Å². The molecule has 0 heterocycles. The Morgan fingerprint density at radius 2 is 1.86 bits per heavy atom. The van der Waals surface area contributed by atoms with Crippen molar-refractivity contribution in [2.45, 2.75) is 38.1 Å². The molecule has 0 bridgehead atoms. The summed E-state index contributed by atoms with van der Waals surface area (Å²) in [5.41, 5.74) is 12.0. The van der Waals surface area contributed by atoms with Gasteiger partial charge in [0, 0.05) is 16.9 Å². The van der Waals surface area contributed by atoms with Crippen LogP contribution in [0.15, 0.2) is 24.3 Å². The van der Waals surface area contributed by atoms with Crippen molar-refractivity contribution in [1.82, 2.24) is 0 Å². The highest BCUT2D eigenvalue weighted by atomic mass is 35.5. The number of urea groups is 1. The van der Waals surface area contributed by atoms with Crippen LogP contribution in [0, 0.1) is 5.92 Å². The summed E-state index contributed by atoms with van der Waals surface area (Å²) < 4.78 is 0. The number of carbonyl (C=O) groups is 2. The van der Waals surface area contributed by atoms with Gasteiger partial charge in [-0.2, -0.15) is 0 Å². The number of halogens is 1. The fraction of sp³-hybridized carbons (Fsp3) is 0.467. The molecule has 1 aromatic carbocycles. The van der Waals surface area contributed by atoms with Gasteiger partial charge in [-0.05, 0) is 38.0 Å². The number of rotatable bonds is 3. The van der Waals surface area contributed by atoms with E-state index in [0.29, 0.717) is 11.4 Å². The molecule has 1 saturated carbocycles. The lowest BCUT2D eigenvalue weighted by molar-refractivity contribution is -0.122. The summed E-state index contributed by atoms with van der Waals surface area (Å²) >= 11 is 0. The molecular formula is C15H23ClN4O2. The van der Waals surface area contributed by atoms with Crippen molar-refractivity contribution in [2.24, 2.45) is 17.4 Å². The highest BCUT2D eigenvalue weighted by molar-refractivity contribution is 5.95. The van der Waals surface area contributed by atoms with Gasteiger partial charge in [-0.3, -0.25) is 4.79 Å². The minimum atomic E-state index is -0.639. The van der Waals surface area contributed by atoms with Gasteiger partial charge in [-0.15, -0.1) is 12.4 Å². The first kappa shape index (κ1) is 18.3. The molecule has 1 aliphatic carbocycles. The molecule has 1 fully saturated rings. The maximum atomic E-state index is 12.4. The highest BCUT2D eigenvalue weighted by Gasteiger charge is 2.37. The van der Waals surface area contributed by atoms with Gasteiger partial charge in [0.05, 0.1) is 5.92 Å². The fourth-order valence-corrected chi connectivity index (χ4v) is 2.84. The lowest BCUT2D eigenvalue weighted by Gasteiger charge is -2.37. The van der Waals surface area contributed by atoms with E-state index in [1.807, 2.05) is 6.92 Å². The summed E-state index contributed by atoms with van der Waals surface area (Å²) in [6.07, 6.45) is 3.75. The van der Waals surface area contributed by atoms with E-state index in [-0.39, 0.29) is 24.2 Å². The number of carbonyl (C=O) groups excluding carboxylic acids is 2. The monoisotopic (exact) mass is 326 g/mol. The summed E-state index contributed by atoms with van der Waals surface area (Å²) in [6, 6.07) is 6.23. The van der Waals surface area contributed by atoms with Crippen LogP contribution in [-0.4, -0.2) is 17.5 Å². The molecule has 3 amide bonds. The van der Waals surface area contributed by atoms with E-state index < -0.39 is 11.6 Å². The summed E-state index contributed by atoms with van der Waals surface area (Å²) in [5.74, 6) is -0.269. The molecule has 6 N–H and O–H groups in total. The average molecular weight is 327 g/mol. The number of anilines is 2. The third kappa shape index (κ3) is 4.61. The number of hydrogen-bond acceptors (Lipinski definition) is 3. The van der Waals surface area contributed by atoms with Crippen LogP contribution in [0.1, 0.15) is 32.6 Å². The molecule has 2 rings (SSSR count). The lowest BCUT2D eigenvalue weighted by Crippen LogP contribution is -2.51. The molecule has 122 valence electrons. The summed E-state index contributed by atoms with van der Waals surface area (Å²) in [6.45, 7) is 1.93. The smallest absolute Gasteiger partial charge is 0.316 e. The number of primary amides is 1. The van der Waals surface area contributed by atoms with Crippen LogP contribution in [0.2, 0.25) is 0 Å². The molecule has 1 aromatic rings. The predicted octanol–water partition coefficient (Wildman–Crippen LogP) is 2.45. The molecule has 0 saturated heterocycles. The number of hydrogen-bond donors (Lipinski definition) is 4. The zero-order valence-corrected chi connectivity index (χ0v) is 13.4. The second kappa shape index (κ2) is 7.47. The first-order valence-electron chi connectivity index (χ1n) is 7.15. The molecular weight excluding hydrogens is 304 g/mol. The van der Waals surface area contributed by atoms with Gasteiger partial charge < -0.3 is 22.1 Å². The molecule has 2 atom stereocenters. The van der Waals surface area contributed by atoms with Crippen molar-refractivity contribution in [1.29, 1.82) is 0 Å². The van der Waals surface area contributed by atoms with Gasteiger partial charge >= 0.3 is 6.03 Å². The zero-order chi connectivity index (χ0) is 15.5. The van der Waals surface area contributed by atoms with Crippen molar-refractivity contribution < 1.29 is 9.59 Å². The Bertz CT molecular complexity index is 548. The lowest BCUT2D eigenvalue weighted by atomic mass is 9.74. The molecule has 6 nitrogen and oxygen atoms in total. The maximum Gasteiger partial charge on any atom is 0.316 e. The van der Waals surface area contributed by atoms with Crippen LogP contribution >= 0.6 is 12.4 Å². The third-order valence-electron chi connectivity index (χ3n) is 3.97. The van der Waals surface area contributed by atoms with Crippen LogP contribution in [0.5, 0.6) is 0 Å². The minimum absolute atomic E-state index is 0. The molecule has 1 aliphatic rings. The topological polar surface area (TPSA) is 110 Å². The quantitative estimate of drug-likeness (QED) is 0.684. The molecule has 0 spiro atoms. The van der Waals surface area contributed by atoms with Crippen LogP contribution in [0.4, 0.5) is 16.2 Å². The van der Waals surface area contributed by atoms with Crippen molar-refractivity contribution in [2.75, 3.05) is 10.6 Å². The predicted molar refractivity (Wildman–Crippen MR) is 90.1 cm³/mol. The van der Waals surface area contributed by atoms with Crippen LogP contribution in [-0.2, 0) is 4.79 Å². The normalized spacial score (nSPS) is 24.0. The van der Waals surface area contributed by atoms with Crippen LogP contribution in [0.25, 0.3) is 0 Å². The first-order valence-corrected chi connectivity index (χ1v) is 7.15. The zero-order valence-electron chi connectivity index (χ0n) is 12.6. The van der Waals surface area contributed by atoms with Gasteiger partial charge in [-0.25, -0.2) is 4.79 Å². The van der Waals surface area contributed by atoms with Crippen molar-refractivity contribution in [3.63, 3.8) is 0 Å². The van der Waals surface area contributed by atoms with Crippen molar-refractivity contribution in [3.8, 4) is 0 Å². The Hall–Kier alpha value is -1.79. The van der Waals surface area contributed by atoms with Gasteiger partial charge in [-0.1, -0.05) is 18.9 Å². The van der Waals surface area contributed by atoms with E-state index in [0.717, 1.165) is 25.7 Å². The summed E-state index contributed by atoms with van der Waals surface area (Å²) in [5, 5.41) is 5.35. The number of nitrogens with one attached hydrogen (secondary N) is 2. The standard InChI is InChI=1S/C15H22N4O2.ClH/c1-15(17)8-3-2-7-12(15)13(20)18-10-5-4-6-11(9-10)19-14(16)21;/h4-6,9,12H,2-3,7-8,17H2,1H3,(H,18,20)(H3,16,19,21);1H. The third-order valence-corrected chi connectivity index (χ3v) is 3.97. The Morgan fingerprint density at radius 1 is 1.23 bits per heavy atom. The summed E-state index contributed by atoms with van der Waals surface area (Å²) in [7, 11) is 0. The van der Waals surface area contributed by atoms with Crippen molar-refractivity contribution >= 4 is 35.7 Å². The van der Waals surface area contributed by atoms with Crippen molar-refractivity contribution in [3.05, 3.63) is 24.3 Å². The SMILES string of the molecule is CC1(N)CCCCC1C(=O)Nc1cccc(NC(N)=O)c1.Cl. The largest absolute Gasteiger partial charge is 0.351 e. The molecule has 2 unspecified atom stereocenters. The van der Waals surface area contributed by atoms with Gasteiger partial charge in [0.1, 0.15) is 0 Å².